The minimum atomic E-state index is -0.553. The first-order valence-electron chi connectivity index (χ1n) is 8.91. The number of piperidine rings is 1. The Morgan fingerprint density at radius 3 is 2.62 bits per heavy atom. The van der Waals surface area contributed by atoms with Gasteiger partial charge in [0, 0.05) is 37.0 Å². The number of primary amides is 1. The summed E-state index contributed by atoms with van der Waals surface area (Å²) in [5.41, 5.74) is 14.9. The lowest BCUT2D eigenvalue weighted by Gasteiger charge is -2.28. The zero-order chi connectivity index (χ0) is 18.3. The van der Waals surface area contributed by atoms with Crippen LogP contribution in [0.4, 0.5) is 5.82 Å². The number of aromatic nitrogens is 2. The summed E-state index contributed by atoms with van der Waals surface area (Å²) < 4.78 is 2.19. The van der Waals surface area contributed by atoms with Crippen molar-refractivity contribution in [1.82, 2.24) is 14.5 Å². The molecule has 0 atom stereocenters. The second kappa shape index (κ2) is 6.46. The average Bonchev–Trinajstić information content (AvgIpc) is 2.93. The summed E-state index contributed by atoms with van der Waals surface area (Å²) in [5.74, 6) is -0.370. The van der Waals surface area contributed by atoms with E-state index in [1.165, 1.54) is 5.57 Å². The number of nitrogens with two attached hydrogens (primary N) is 2. The minimum Gasteiger partial charge on any atom is -0.383 e. The first kappa shape index (κ1) is 16.6. The number of nitrogen functional groups attached to an aromatic ring is 1. The van der Waals surface area contributed by atoms with E-state index < -0.39 is 5.91 Å². The molecule has 0 bridgehead atoms. The van der Waals surface area contributed by atoms with Crippen LogP contribution in [0.15, 0.2) is 42.5 Å². The molecule has 0 spiro atoms. The predicted molar refractivity (Wildman–Crippen MR) is 105 cm³/mol. The number of rotatable bonds is 4. The molecule has 0 unspecified atom stereocenters. The third kappa shape index (κ3) is 2.82. The lowest BCUT2D eigenvalue weighted by molar-refractivity contribution is 0.100. The molecule has 134 valence electrons. The van der Waals surface area contributed by atoms with Crippen molar-refractivity contribution in [1.29, 1.82) is 0 Å². The number of fused-ring (bicyclic) bond motifs is 3. The molecule has 2 aromatic heterocycles. The van der Waals surface area contributed by atoms with Gasteiger partial charge in [-0.25, -0.2) is 4.98 Å². The van der Waals surface area contributed by atoms with Crippen LogP contribution in [0.2, 0.25) is 0 Å². The molecule has 0 saturated carbocycles. The van der Waals surface area contributed by atoms with E-state index >= 15 is 0 Å². The summed E-state index contributed by atoms with van der Waals surface area (Å²) in [6.07, 6.45) is 2.14. The van der Waals surface area contributed by atoms with Gasteiger partial charge < -0.3 is 20.9 Å². The summed E-state index contributed by atoms with van der Waals surface area (Å²) in [6, 6.07) is 9.89. The van der Waals surface area contributed by atoms with Crippen LogP contribution in [-0.2, 0) is 6.54 Å². The number of carbonyl (C=O) groups is 1. The lowest BCUT2D eigenvalue weighted by Crippen LogP contribution is -2.33. The van der Waals surface area contributed by atoms with Crippen LogP contribution in [-0.4, -0.2) is 40.0 Å². The van der Waals surface area contributed by atoms with Gasteiger partial charge in [0.25, 0.3) is 5.91 Å². The molecule has 3 aromatic rings. The summed E-state index contributed by atoms with van der Waals surface area (Å²) >= 11 is 0. The Labute approximate surface area is 152 Å². The molecule has 6 nitrogen and oxygen atoms in total. The maximum atomic E-state index is 11.6. The molecule has 4 rings (SSSR count). The van der Waals surface area contributed by atoms with Crippen LogP contribution < -0.4 is 11.5 Å². The number of likely N-dealkylation sites (tertiary alicyclic amines) is 1. The quantitative estimate of drug-likeness (QED) is 0.708. The fourth-order valence-corrected chi connectivity index (χ4v) is 3.73. The number of hydrogen-bond donors (Lipinski definition) is 2. The Morgan fingerprint density at radius 1 is 1.15 bits per heavy atom. The minimum absolute atomic E-state index is 0.184. The van der Waals surface area contributed by atoms with E-state index in [2.05, 4.69) is 27.1 Å². The number of para-hydroxylation sites is 1. The highest BCUT2D eigenvalue weighted by molar-refractivity contribution is 6.10. The van der Waals surface area contributed by atoms with E-state index in [0.717, 1.165) is 61.0 Å². The van der Waals surface area contributed by atoms with Gasteiger partial charge in [-0.05, 0) is 25.0 Å². The average molecular weight is 349 g/mol. The third-order valence-corrected chi connectivity index (χ3v) is 5.24. The second-order valence-electron chi connectivity index (χ2n) is 6.92. The highest BCUT2D eigenvalue weighted by Crippen LogP contribution is 2.30. The predicted octanol–water partition coefficient (Wildman–Crippen LogP) is 2.52. The first-order chi connectivity index (χ1) is 12.5. The summed E-state index contributed by atoms with van der Waals surface area (Å²) in [6.45, 7) is 7.95. The van der Waals surface area contributed by atoms with Crippen molar-refractivity contribution in [2.24, 2.45) is 5.73 Å². The maximum absolute atomic E-state index is 11.6. The molecular formula is C20H23N5O. The van der Waals surface area contributed by atoms with Gasteiger partial charge in [-0.15, -0.1) is 0 Å². The Bertz CT molecular complexity index is 1010. The maximum Gasteiger partial charge on any atom is 0.252 e. The van der Waals surface area contributed by atoms with Gasteiger partial charge in [-0.3, -0.25) is 4.79 Å². The topological polar surface area (TPSA) is 90.2 Å². The number of hydrogen-bond acceptors (Lipinski definition) is 4. The molecule has 6 heteroatoms. The molecule has 1 aliphatic heterocycles. The Morgan fingerprint density at radius 2 is 1.88 bits per heavy atom. The zero-order valence-electron chi connectivity index (χ0n) is 14.7. The number of pyridine rings is 1. The molecule has 26 heavy (non-hydrogen) atoms. The van der Waals surface area contributed by atoms with Gasteiger partial charge in [-0.1, -0.05) is 30.4 Å². The Hall–Kier alpha value is -2.86. The van der Waals surface area contributed by atoms with Crippen molar-refractivity contribution in [2.75, 3.05) is 25.4 Å². The van der Waals surface area contributed by atoms with Crippen molar-refractivity contribution in [3.8, 4) is 0 Å². The molecule has 1 saturated heterocycles. The standard InChI is InChI=1S/C20H23N5O/c1-13-6-8-24(9-7-13)10-11-25-17-5-3-2-4-14(17)15-12-16(19(22)26)18(21)23-20(15)25/h2-5,12H,1,6-11H2,(H2,21,23)(H2,22,26). The van der Waals surface area contributed by atoms with E-state index in [1.54, 1.807) is 6.07 Å². The molecule has 4 N–H and O–H groups in total. The van der Waals surface area contributed by atoms with Crippen LogP contribution >= 0.6 is 0 Å². The lowest BCUT2D eigenvalue weighted by atomic mass is 10.1. The van der Waals surface area contributed by atoms with E-state index in [0.29, 0.717) is 0 Å². The largest absolute Gasteiger partial charge is 0.383 e. The molecule has 0 radical (unpaired) electrons. The third-order valence-electron chi connectivity index (χ3n) is 5.24. The molecule has 1 fully saturated rings. The summed E-state index contributed by atoms with van der Waals surface area (Å²) in [4.78, 5) is 18.6. The van der Waals surface area contributed by atoms with Crippen molar-refractivity contribution in [2.45, 2.75) is 19.4 Å². The fraction of sp³-hybridized carbons (Fsp3) is 0.300. The highest BCUT2D eigenvalue weighted by atomic mass is 16.1. The number of amides is 1. The molecular weight excluding hydrogens is 326 g/mol. The molecule has 1 amide bonds. The Kier molecular flexibility index (Phi) is 4.12. The molecule has 1 aromatic carbocycles. The van der Waals surface area contributed by atoms with Crippen molar-refractivity contribution in [3.05, 3.63) is 48.0 Å². The smallest absolute Gasteiger partial charge is 0.252 e. The monoisotopic (exact) mass is 349 g/mol. The summed E-state index contributed by atoms with van der Waals surface area (Å²) in [7, 11) is 0. The van der Waals surface area contributed by atoms with Crippen LogP contribution in [0, 0.1) is 0 Å². The molecule has 1 aliphatic rings. The van der Waals surface area contributed by atoms with E-state index in [-0.39, 0.29) is 11.4 Å². The van der Waals surface area contributed by atoms with Crippen LogP contribution in [0.5, 0.6) is 0 Å². The molecule has 3 heterocycles. The number of anilines is 1. The van der Waals surface area contributed by atoms with Gasteiger partial charge >= 0.3 is 0 Å². The number of carbonyl (C=O) groups excluding carboxylic acids is 1. The first-order valence-corrected chi connectivity index (χ1v) is 8.91. The van der Waals surface area contributed by atoms with E-state index in [4.69, 9.17) is 11.5 Å². The van der Waals surface area contributed by atoms with Gasteiger partial charge in [0.1, 0.15) is 11.5 Å². The van der Waals surface area contributed by atoms with Crippen LogP contribution in [0.25, 0.3) is 21.9 Å². The van der Waals surface area contributed by atoms with Crippen LogP contribution in [0.3, 0.4) is 0 Å². The molecule has 0 aliphatic carbocycles. The van der Waals surface area contributed by atoms with E-state index in [9.17, 15) is 4.79 Å². The second-order valence-corrected chi connectivity index (χ2v) is 6.92. The number of nitrogens with zero attached hydrogens (tertiary/aromatic N) is 3. The summed E-state index contributed by atoms with van der Waals surface area (Å²) in [5, 5.41) is 1.97. The van der Waals surface area contributed by atoms with Crippen molar-refractivity contribution in [3.63, 3.8) is 0 Å². The zero-order valence-corrected chi connectivity index (χ0v) is 14.7. The normalized spacial score (nSPS) is 15.8. The van der Waals surface area contributed by atoms with Gasteiger partial charge in [0.15, 0.2) is 0 Å². The van der Waals surface area contributed by atoms with Gasteiger partial charge in [-0.2, -0.15) is 0 Å². The van der Waals surface area contributed by atoms with Gasteiger partial charge in [0.05, 0.1) is 11.1 Å². The van der Waals surface area contributed by atoms with Crippen molar-refractivity contribution < 1.29 is 4.79 Å². The fourth-order valence-electron chi connectivity index (χ4n) is 3.73. The van der Waals surface area contributed by atoms with Crippen molar-refractivity contribution >= 4 is 33.7 Å². The van der Waals surface area contributed by atoms with E-state index in [1.807, 2.05) is 18.2 Å². The van der Waals surface area contributed by atoms with Crippen LogP contribution in [0.1, 0.15) is 23.2 Å². The Balaban J connectivity index is 1.76. The SMILES string of the molecule is C=C1CCN(CCn2c3ccccc3c3cc(C(N)=O)c(N)nc32)CC1. The highest BCUT2D eigenvalue weighted by Gasteiger charge is 2.18. The number of benzene rings is 1. The van der Waals surface area contributed by atoms with Gasteiger partial charge in [0.2, 0.25) is 0 Å².